The molecule has 0 aliphatic rings. The van der Waals surface area contributed by atoms with E-state index in [1.54, 1.807) is 0 Å². The van der Waals surface area contributed by atoms with Gasteiger partial charge in [-0.1, -0.05) is 27.7 Å². The average molecular weight is 267 g/mol. The van der Waals surface area contributed by atoms with Crippen LogP contribution in [0.4, 0.5) is 0 Å². The molecule has 110 valence electrons. The molecule has 0 radical (unpaired) electrons. The number of hydrogen-bond acceptors (Lipinski definition) is 3. The smallest absolute Gasteiger partial charge is 0.129 e. The van der Waals surface area contributed by atoms with E-state index in [4.69, 9.17) is 9.15 Å². The molecule has 0 aliphatic carbocycles. The molecule has 0 amide bonds. The molecule has 1 N–H and O–H groups in total. The van der Waals surface area contributed by atoms with E-state index in [0.717, 1.165) is 37.8 Å². The molecular formula is C16H29NO2. The lowest BCUT2D eigenvalue weighted by Gasteiger charge is -2.05. The molecule has 3 heteroatoms. The van der Waals surface area contributed by atoms with Gasteiger partial charge >= 0.3 is 0 Å². The van der Waals surface area contributed by atoms with Crippen LogP contribution >= 0.6 is 0 Å². The normalized spacial score (nSPS) is 11.7. The van der Waals surface area contributed by atoms with Gasteiger partial charge in [0, 0.05) is 18.7 Å². The number of ether oxygens (including phenoxy) is 1. The molecule has 0 spiro atoms. The first-order valence-electron chi connectivity index (χ1n) is 7.42. The van der Waals surface area contributed by atoms with Crippen LogP contribution in [-0.2, 0) is 17.9 Å². The second kappa shape index (κ2) is 9.16. The van der Waals surface area contributed by atoms with Gasteiger partial charge in [-0.2, -0.15) is 0 Å². The van der Waals surface area contributed by atoms with Crippen LogP contribution in [0.15, 0.2) is 16.7 Å². The third kappa shape index (κ3) is 8.06. The van der Waals surface area contributed by atoms with E-state index in [9.17, 15) is 0 Å². The van der Waals surface area contributed by atoms with E-state index in [2.05, 4.69) is 39.1 Å². The van der Waals surface area contributed by atoms with Crippen molar-refractivity contribution < 1.29 is 9.15 Å². The summed E-state index contributed by atoms with van der Waals surface area (Å²) < 4.78 is 11.1. The highest BCUT2D eigenvalue weighted by atomic mass is 16.5. The van der Waals surface area contributed by atoms with Gasteiger partial charge in [0.15, 0.2) is 0 Å². The summed E-state index contributed by atoms with van der Waals surface area (Å²) in [6.45, 7) is 12.2. The van der Waals surface area contributed by atoms with Crippen LogP contribution < -0.4 is 5.32 Å². The van der Waals surface area contributed by atoms with Crippen molar-refractivity contribution in [3.05, 3.63) is 23.7 Å². The van der Waals surface area contributed by atoms with Crippen molar-refractivity contribution in [3.8, 4) is 0 Å². The summed E-state index contributed by atoms with van der Waals surface area (Å²) in [7, 11) is 0. The molecule has 1 heterocycles. The highest BCUT2D eigenvalue weighted by Crippen LogP contribution is 2.10. The predicted octanol–water partition coefficient (Wildman–Crippen LogP) is 3.98. The molecule has 0 unspecified atom stereocenters. The first-order valence-corrected chi connectivity index (χ1v) is 7.42. The monoisotopic (exact) mass is 267 g/mol. The average Bonchev–Trinajstić information content (AvgIpc) is 2.76. The summed E-state index contributed by atoms with van der Waals surface area (Å²) in [6, 6.07) is 2.08. The highest BCUT2D eigenvalue weighted by Gasteiger charge is 2.03. The lowest BCUT2D eigenvalue weighted by atomic mass is 10.1. The fourth-order valence-electron chi connectivity index (χ4n) is 1.87. The Hall–Kier alpha value is -0.800. The minimum atomic E-state index is 0.586. The van der Waals surface area contributed by atoms with Crippen molar-refractivity contribution in [1.29, 1.82) is 0 Å². The summed E-state index contributed by atoms with van der Waals surface area (Å²) >= 11 is 0. The largest absolute Gasteiger partial charge is 0.467 e. The third-order valence-corrected chi connectivity index (χ3v) is 2.90. The van der Waals surface area contributed by atoms with Crippen molar-refractivity contribution in [2.75, 3.05) is 13.2 Å². The summed E-state index contributed by atoms with van der Waals surface area (Å²) in [5, 5.41) is 3.40. The quantitative estimate of drug-likeness (QED) is 0.651. The zero-order valence-electron chi connectivity index (χ0n) is 12.9. The number of rotatable bonds is 10. The van der Waals surface area contributed by atoms with Crippen molar-refractivity contribution in [1.82, 2.24) is 5.32 Å². The Bertz CT molecular complexity index is 331. The number of furan rings is 1. The van der Waals surface area contributed by atoms with Crippen LogP contribution in [-0.4, -0.2) is 13.2 Å². The zero-order valence-corrected chi connectivity index (χ0v) is 12.9. The predicted molar refractivity (Wildman–Crippen MR) is 79.0 cm³/mol. The maximum absolute atomic E-state index is 5.61. The summed E-state index contributed by atoms with van der Waals surface area (Å²) in [6.07, 6.45) is 4.17. The Morgan fingerprint density at radius 3 is 2.68 bits per heavy atom. The van der Waals surface area contributed by atoms with Gasteiger partial charge in [-0.25, -0.2) is 0 Å². The molecule has 1 rings (SSSR count). The zero-order chi connectivity index (χ0) is 14.1. The minimum absolute atomic E-state index is 0.586. The van der Waals surface area contributed by atoms with Gasteiger partial charge in [0.1, 0.15) is 12.4 Å². The van der Waals surface area contributed by atoms with Crippen LogP contribution in [0.25, 0.3) is 0 Å². The summed E-state index contributed by atoms with van der Waals surface area (Å²) in [5.74, 6) is 2.35. The van der Waals surface area contributed by atoms with E-state index >= 15 is 0 Å². The van der Waals surface area contributed by atoms with Crippen LogP contribution in [0.3, 0.4) is 0 Å². The van der Waals surface area contributed by atoms with Gasteiger partial charge in [0.05, 0.1) is 6.26 Å². The van der Waals surface area contributed by atoms with Crippen molar-refractivity contribution in [3.63, 3.8) is 0 Å². The maximum Gasteiger partial charge on any atom is 0.129 e. The topological polar surface area (TPSA) is 34.4 Å². The molecule has 0 atom stereocenters. The maximum atomic E-state index is 5.61. The summed E-state index contributed by atoms with van der Waals surface area (Å²) in [5.41, 5.74) is 1.20. The Morgan fingerprint density at radius 1 is 1.21 bits per heavy atom. The second-order valence-electron chi connectivity index (χ2n) is 6.03. The molecule has 0 aliphatic heterocycles. The fraction of sp³-hybridized carbons (Fsp3) is 0.750. The molecule has 0 saturated carbocycles. The van der Waals surface area contributed by atoms with Gasteiger partial charge in [0.25, 0.3) is 0 Å². The molecule has 0 bridgehead atoms. The van der Waals surface area contributed by atoms with Gasteiger partial charge in [-0.15, -0.1) is 0 Å². The SMILES string of the molecule is CC(C)CCCOCc1cc(CNCC(C)C)co1. The van der Waals surface area contributed by atoms with E-state index < -0.39 is 0 Å². The van der Waals surface area contributed by atoms with Crippen molar-refractivity contribution >= 4 is 0 Å². The Kier molecular flexibility index (Phi) is 7.84. The van der Waals surface area contributed by atoms with Crippen molar-refractivity contribution in [2.24, 2.45) is 11.8 Å². The van der Waals surface area contributed by atoms with Gasteiger partial charge in [-0.05, 0) is 37.3 Å². The first kappa shape index (κ1) is 16.3. The minimum Gasteiger partial charge on any atom is -0.467 e. The Labute approximate surface area is 117 Å². The van der Waals surface area contributed by atoms with E-state index in [0.29, 0.717) is 12.5 Å². The van der Waals surface area contributed by atoms with Gasteiger partial charge in [0.2, 0.25) is 0 Å². The van der Waals surface area contributed by atoms with E-state index in [1.165, 1.54) is 12.0 Å². The summed E-state index contributed by atoms with van der Waals surface area (Å²) in [4.78, 5) is 0. The lowest BCUT2D eigenvalue weighted by Crippen LogP contribution is -2.18. The van der Waals surface area contributed by atoms with Crippen LogP contribution in [0.5, 0.6) is 0 Å². The van der Waals surface area contributed by atoms with E-state index in [1.807, 2.05) is 6.26 Å². The molecule has 1 aromatic heterocycles. The Morgan fingerprint density at radius 2 is 2.00 bits per heavy atom. The number of nitrogens with one attached hydrogen (secondary N) is 1. The van der Waals surface area contributed by atoms with Crippen LogP contribution in [0.1, 0.15) is 51.9 Å². The van der Waals surface area contributed by atoms with Crippen LogP contribution in [0.2, 0.25) is 0 Å². The fourth-order valence-corrected chi connectivity index (χ4v) is 1.87. The molecule has 3 nitrogen and oxygen atoms in total. The highest BCUT2D eigenvalue weighted by molar-refractivity contribution is 5.11. The molecule has 0 fully saturated rings. The molecular weight excluding hydrogens is 238 g/mol. The van der Waals surface area contributed by atoms with Gasteiger partial charge < -0.3 is 14.5 Å². The Balaban J connectivity index is 2.12. The second-order valence-corrected chi connectivity index (χ2v) is 6.03. The molecule has 19 heavy (non-hydrogen) atoms. The molecule has 1 aromatic rings. The lowest BCUT2D eigenvalue weighted by molar-refractivity contribution is 0.101. The number of hydrogen-bond donors (Lipinski definition) is 1. The first-order chi connectivity index (χ1) is 9.08. The molecule has 0 saturated heterocycles. The third-order valence-electron chi connectivity index (χ3n) is 2.90. The standard InChI is InChI=1S/C16H29NO2/c1-13(2)6-5-7-18-12-16-8-15(11-19-16)10-17-9-14(3)4/h8,11,13-14,17H,5-7,9-10,12H2,1-4H3. The molecule has 0 aromatic carbocycles. The van der Waals surface area contributed by atoms with Crippen LogP contribution in [0, 0.1) is 11.8 Å². The van der Waals surface area contributed by atoms with Crippen molar-refractivity contribution in [2.45, 2.75) is 53.7 Å². The van der Waals surface area contributed by atoms with Gasteiger partial charge in [-0.3, -0.25) is 0 Å². The van der Waals surface area contributed by atoms with E-state index in [-0.39, 0.29) is 0 Å².